The highest BCUT2D eigenvalue weighted by Gasteiger charge is 2.21. The molecule has 2 aromatic rings. The Morgan fingerprint density at radius 1 is 1.07 bits per heavy atom. The highest BCUT2D eigenvalue weighted by molar-refractivity contribution is 6.07. The Labute approximate surface area is 160 Å². The second-order valence-electron chi connectivity index (χ2n) is 6.24. The summed E-state index contributed by atoms with van der Waals surface area (Å²) in [6.45, 7) is 3.98. The Hall–Kier alpha value is -3.86. The largest absolute Gasteiger partial charge is 0.489 e. The van der Waals surface area contributed by atoms with Crippen molar-refractivity contribution in [1.29, 1.82) is 0 Å². The predicted octanol–water partition coefficient (Wildman–Crippen LogP) is 4.83. The summed E-state index contributed by atoms with van der Waals surface area (Å²) < 4.78 is 11.5. The average Bonchev–Trinajstić information content (AvgIpc) is 2.70. The molecule has 0 radical (unpaired) electrons. The van der Waals surface area contributed by atoms with Crippen molar-refractivity contribution in [3.8, 4) is 28.2 Å². The van der Waals surface area contributed by atoms with E-state index in [2.05, 4.69) is 6.58 Å². The van der Waals surface area contributed by atoms with E-state index < -0.39 is 5.97 Å². The van der Waals surface area contributed by atoms with E-state index in [4.69, 9.17) is 9.15 Å². The molecule has 1 aliphatic heterocycles. The topological polar surface area (TPSA) is 76.7 Å². The first kappa shape index (κ1) is 17.5. The number of hydrogen-bond acceptors (Lipinski definition) is 4. The fourth-order valence-electron chi connectivity index (χ4n) is 3.27. The Kier molecular flexibility index (Phi) is 4.41. The molecule has 5 nitrogen and oxygen atoms in total. The number of aromatic carboxylic acids is 1. The van der Waals surface area contributed by atoms with Gasteiger partial charge in [-0.1, -0.05) is 30.9 Å². The quantitative estimate of drug-likeness (QED) is 0.401. The molecule has 0 amide bonds. The minimum absolute atomic E-state index is 0.175. The molecule has 0 bridgehead atoms. The van der Waals surface area contributed by atoms with E-state index in [1.54, 1.807) is 48.5 Å². The summed E-state index contributed by atoms with van der Waals surface area (Å²) in [6.07, 6.45) is 1.64. The van der Waals surface area contributed by atoms with Gasteiger partial charge in [0.25, 0.3) is 0 Å². The van der Waals surface area contributed by atoms with E-state index in [1.165, 1.54) is 12.1 Å². The van der Waals surface area contributed by atoms with Crippen molar-refractivity contribution in [2.75, 3.05) is 6.61 Å². The molecule has 28 heavy (non-hydrogen) atoms. The highest BCUT2D eigenvalue weighted by Crippen LogP contribution is 2.41. The molecular formula is C23H16O5. The summed E-state index contributed by atoms with van der Waals surface area (Å²) in [5.41, 5.74) is 2.40. The minimum Gasteiger partial charge on any atom is -0.489 e. The number of benzene rings is 3. The molecular weight excluding hydrogens is 356 g/mol. The zero-order valence-corrected chi connectivity index (χ0v) is 14.8. The lowest BCUT2D eigenvalue weighted by atomic mass is 9.91. The second-order valence-corrected chi connectivity index (χ2v) is 6.24. The maximum atomic E-state index is 11.9. The van der Waals surface area contributed by atoms with Gasteiger partial charge >= 0.3 is 5.97 Å². The van der Waals surface area contributed by atoms with Crippen LogP contribution in [0.3, 0.4) is 0 Å². The number of rotatable bonds is 5. The standard InChI is InChI=1S/C23H16O5/c1-2-11-27-15-8-10-19-21(13-15)28-20-12-14(24)7-9-18(20)22(19)16-5-3-4-6-17(16)23(25)26/h2-10,12-13H,1,11H2,(H,25,26). The fraction of sp³-hybridized carbons (Fsp3) is 0.0435. The Morgan fingerprint density at radius 2 is 1.89 bits per heavy atom. The van der Waals surface area contributed by atoms with Crippen molar-refractivity contribution >= 4 is 16.9 Å². The first-order chi connectivity index (χ1) is 13.6. The van der Waals surface area contributed by atoms with Crippen molar-refractivity contribution in [3.63, 3.8) is 0 Å². The molecule has 0 saturated heterocycles. The molecule has 0 atom stereocenters. The molecule has 1 heterocycles. The smallest absolute Gasteiger partial charge is 0.336 e. The summed E-state index contributed by atoms with van der Waals surface area (Å²) in [4.78, 5) is 23.7. The van der Waals surface area contributed by atoms with Crippen LogP contribution in [0.2, 0.25) is 0 Å². The van der Waals surface area contributed by atoms with Crippen LogP contribution in [0.4, 0.5) is 0 Å². The summed E-state index contributed by atoms with van der Waals surface area (Å²) in [7, 11) is 0. The Morgan fingerprint density at radius 3 is 2.68 bits per heavy atom. The monoisotopic (exact) mass is 372 g/mol. The maximum Gasteiger partial charge on any atom is 0.336 e. The number of carbonyl (C=O) groups is 1. The molecule has 0 saturated carbocycles. The van der Waals surface area contributed by atoms with Crippen LogP contribution in [-0.2, 0) is 0 Å². The zero-order valence-electron chi connectivity index (χ0n) is 14.8. The summed E-state index contributed by atoms with van der Waals surface area (Å²) >= 11 is 0. The summed E-state index contributed by atoms with van der Waals surface area (Å²) in [5.74, 6) is -0.0496. The first-order valence-electron chi connectivity index (χ1n) is 8.65. The molecule has 2 aromatic carbocycles. The molecule has 0 aromatic heterocycles. The summed E-state index contributed by atoms with van der Waals surface area (Å²) in [6, 6.07) is 16.6. The van der Waals surface area contributed by atoms with Crippen molar-refractivity contribution in [3.05, 3.63) is 89.1 Å². The van der Waals surface area contributed by atoms with Gasteiger partial charge in [-0.05, 0) is 35.9 Å². The van der Waals surface area contributed by atoms with Crippen LogP contribution in [-0.4, -0.2) is 17.7 Å². The number of carboxylic acid groups (broad SMARTS) is 1. The van der Waals surface area contributed by atoms with Crippen LogP contribution in [0, 0.1) is 0 Å². The third-order valence-electron chi connectivity index (χ3n) is 4.46. The van der Waals surface area contributed by atoms with Crippen LogP contribution in [0.5, 0.6) is 5.75 Å². The van der Waals surface area contributed by atoms with Crippen LogP contribution in [0.25, 0.3) is 33.4 Å². The Balaban J connectivity index is 2.09. The number of ether oxygens (including phenoxy) is 1. The van der Waals surface area contributed by atoms with Gasteiger partial charge in [-0.15, -0.1) is 0 Å². The highest BCUT2D eigenvalue weighted by atomic mass is 16.5. The van der Waals surface area contributed by atoms with Crippen molar-refractivity contribution in [2.45, 2.75) is 0 Å². The number of carboxylic acids is 1. The molecule has 0 unspecified atom stereocenters. The summed E-state index contributed by atoms with van der Waals surface area (Å²) in [5, 5.41) is 10.4. The van der Waals surface area contributed by atoms with E-state index in [0.29, 0.717) is 40.4 Å². The van der Waals surface area contributed by atoms with Crippen molar-refractivity contribution in [2.24, 2.45) is 0 Å². The SMILES string of the molecule is C=CCOc1ccc2c(-c3ccccc3C(=O)O)c3ccc(=O)cc-3oc2c1. The lowest BCUT2D eigenvalue weighted by molar-refractivity contribution is 0.0697. The predicted molar refractivity (Wildman–Crippen MR) is 107 cm³/mol. The van der Waals surface area contributed by atoms with Crippen LogP contribution < -0.4 is 10.2 Å². The van der Waals surface area contributed by atoms with Gasteiger partial charge in [0.1, 0.15) is 23.7 Å². The molecule has 1 N–H and O–H groups in total. The molecule has 0 fully saturated rings. The molecule has 2 aliphatic rings. The lowest BCUT2D eigenvalue weighted by Crippen LogP contribution is -2.03. The van der Waals surface area contributed by atoms with E-state index >= 15 is 0 Å². The molecule has 138 valence electrons. The lowest BCUT2D eigenvalue weighted by Gasteiger charge is -2.17. The molecule has 4 rings (SSSR count). The maximum absolute atomic E-state index is 11.9. The van der Waals surface area contributed by atoms with Gasteiger partial charge in [-0.25, -0.2) is 4.79 Å². The minimum atomic E-state index is -1.02. The van der Waals surface area contributed by atoms with Crippen LogP contribution in [0.1, 0.15) is 10.4 Å². The first-order valence-corrected chi connectivity index (χ1v) is 8.65. The van der Waals surface area contributed by atoms with Gasteiger partial charge < -0.3 is 14.3 Å². The van der Waals surface area contributed by atoms with Gasteiger partial charge in [0.15, 0.2) is 5.43 Å². The van der Waals surface area contributed by atoms with Gasteiger partial charge in [0.2, 0.25) is 0 Å². The second kappa shape index (κ2) is 7.04. The van der Waals surface area contributed by atoms with E-state index in [-0.39, 0.29) is 11.0 Å². The van der Waals surface area contributed by atoms with Crippen LogP contribution >= 0.6 is 0 Å². The van der Waals surface area contributed by atoms with Gasteiger partial charge in [0.05, 0.1) is 5.56 Å². The fourth-order valence-corrected chi connectivity index (χ4v) is 3.27. The molecule has 1 aliphatic carbocycles. The molecule has 5 heteroatoms. The third kappa shape index (κ3) is 3.03. The third-order valence-corrected chi connectivity index (χ3v) is 4.46. The Bertz CT molecular complexity index is 1240. The van der Waals surface area contributed by atoms with Gasteiger partial charge in [-0.2, -0.15) is 0 Å². The van der Waals surface area contributed by atoms with Gasteiger partial charge in [-0.3, -0.25) is 4.79 Å². The van der Waals surface area contributed by atoms with Gasteiger partial charge in [0, 0.05) is 28.6 Å². The zero-order chi connectivity index (χ0) is 19.7. The van der Waals surface area contributed by atoms with E-state index in [9.17, 15) is 14.7 Å². The number of hydrogen-bond donors (Lipinski definition) is 1. The van der Waals surface area contributed by atoms with E-state index in [0.717, 1.165) is 5.39 Å². The van der Waals surface area contributed by atoms with Crippen molar-refractivity contribution in [1.82, 2.24) is 0 Å². The average molecular weight is 372 g/mol. The molecule has 0 spiro atoms. The number of fused-ring (bicyclic) bond motifs is 2. The van der Waals surface area contributed by atoms with Crippen LogP contribution in [0.15, 0.2) is 82.5 Å². The van der Waals surface area contributed by atoms with E-state index in [1.807, 2.05) is 6.07 Å². The normalized spacial score (nSPS) is 10.9. The van der Waals surface area contributed by atoms with Crippen molar-refractivity contribution < 1.29 is 19.1 Å².